The first kappa shape index (κ1) is 15.8. The van der Waals surface area contributed by atoms with Crippen molar-refractivity contribution < 1.29 is 4.39 Å². The molecule has 1 saturated heterocycles. The minimum absolute atomic E-state index is 0.169. The van der Waals surface area contributed by atoms with E-state index in [0.29, 0.717) is 29.1 Å². The molecule has 3 heterocycles. The number of H-pyrrole nitrogens is 1. The minimum atomic E-state index is -0.179. The molecule has 0 spiro atoms. The van der Waals surface area contributed by atoms with Crippen molar-refractivity contribution in [1.82, 2.24) is 24.6 Å². The van der Waals surface area contributed by atoms with Crippen LogP contribution in [0.3, 0.4) is 0 Å². The van der Waals surface area contributed by atoms with E-state index in [1.165, 1.54) is 12.3 Å². The zero-order chi connectivity index (χ0) is 17.4. The van der Waals surface area contributed by atoms with E-state index in [9.17, 15) is 9.18 Å². The van der Waals surface area contributed by atoms with Crippen LogP contribution in [0.5, 0.6) is 0 Å². The van der Waals surface area contributed by atoms with Gasteiger partial charge in [-0.2, -0.15) is 10.1 Å². The molecule has 0 aliphatic carbocycles. The Bertz CT molecular complexity index is 957. The summed E-state index contributed by atoms with van der Waals surface area (Å²) in [7, 11) is 1.77. The van der Waals surface area contributed by atoms with Crippen LogP contribution < -0.4 is 10.5 Å². The average molecular weight is 342 g/mol. The Labute approximate surface area is 143 Å². The van der Waals surface area contributed by atoms with Gasteiger partial charge in [-0.15, -0.1) is 0 Å². The number of halogens is 1. The van der Waals surface area contributed by atoms with Gasteiger partial charge in [-0.05, 0) is 6.07 Å². The topological polar surface area (TPSA) is 70.1 Å². The van der Waals surface area contributed by atoms with Crippen molar-refractivity contribution >= 4 is 17.0 Å². The van der Waals surface area contributed by atoms with Crippen LogP contribution in [0.2, 0.25) is 0 Å². The van der Waals surface area contributed by atoms with Gasteiger partial charge in [0.1, 0.15) is 11.2 Å². The van der Waals surface area contributed by atoms with Gasteiger partial charge in [0, 0.05) is 45.3 Å². The standard InChI is InChI=1S/C17H19FN6O/c1-22-15-13(10-19-22)16(25)21-17(20-15)24-8-6-23(7-9-24)11-12-4-2-3-5-14(12)18/h2-5,10H,6-9,11H2,1H3,(H,20,21,25). The maximum atomic E-state index is 13.8. The van der Waals surface area contributed by atoms with Gasteiger partial charge in [0.15, 0.2) is 5.65 Å². The van der Waals surface area contributed by atoms with Crippen LogP contribution in [-0.2, 0) is 13.6 Å². The van der Waals surface area contributed by atoms with Gasteiger partial charge in [0.05, 0.1) is 6.20 Å². The molecule has 1 N–H and O–H groups in total. The van der Waals surface area contributed by atoms with Crippen molar-refractivity contribution in [3.8, 4) is 0 Å². The van der Waals surface area contributed by atoms with Crippen molar-refractivity contribution in [2.24, 2.45) is 7.05 Å². The van der Waals surface area contributed by atoms with Crippen LogP contribution in [0.1, 0.15) is 5.56 Å². The fourth-order valence-corrected chi connectivity index (χ4v) is 3.16. The van der Waals surface area contributed by atoms with Crippen molar-refractivity contribution in [2.75, 3.05) is 31.1 Å². The second kappa shape index (κ2) is 6.29. The van der Waals surface area contributed by atoms with E-state index in [1.807, 2.05) is 17.0 Å². The Morgan fingerprint density at radius 3 is 2.72 bits per heavy atom. The quantitative estimate of drug-likeness (QED) is 0.772. The number of piperazine rings is 1. The first-order chi connectivity index (χ1) is 12.1. The highest BCUT2D eigenvalue weighted by molar-refractivity contribution is 5.74. The molecule has 0 radical (unpaired) electrons. The molecular weight excluding hydrogens is 323 g/mol. The Kier molecular flexibility index (Phi) is 3.96. The van der Waals surface area contributed by atoms with Gasteiger partial charge in [-0.25, -0.2) is 4.39 Å². The summed E-state index contributed by atoms with van der Waals surface area (Å²) in [5.74, 6) is 0.393. The first-order valence-corrected chi connectivity index (χ1v) is 8.24. The molecule has 0 amide bonds. The third kappa shape index (κ3) is 3.00. The summed E-state index contributed by atoms with van der Waals surface area (Å²) in [6.45, 7) is 3.59. The van der Waals surface area contributed by atoms with Crippen molar-refractivity contribution in [2.45, 2.75) is 6.54 Å². The summed E-state index contributed by atoms with van der Waals surface area (Å²) in [6, 6.07) is 6.86. The molecule has 1 aliphatic heterocycles. The van der Waals surface area contributed by atoms with E-state index < -0.39 is 0 Å². The van der Waals surface area contributed by atoms with Gasteiger partial charge < -0.3 is 4.90 Å². The summed E-state index contributed by atoms with van der Waals surface area (Å²) >= 11 is 0. The van der Waals surface area contributed by atoms with E-state index in [2.05, 4.69) is 20.0 Å². The molecule has 2 aromatic heterocycles. The number of aromatic amines is 1. The molecule has 0 atom stereocenters. The lowest BCUT2D eigenvalue weighted by Crippen LogP contribution is -2.47. The van der Waals surface area contributed by atoms with E-state index >= 15 is 0 Å². The van der Waals surface area contributed by atoms with E-state index in [0.717, 1.165) is 26.2 Å². The number of aromatic nitrogens is 4. The zero-order valence-electron chi connectivity index (χ0n) is 13.9. The normalized spacial score (nSPS) is 15.8. The number of nitrogens with one attached hydrogen (secondary N) is 1. The smallest absolute Gasteiger partial charge is 0.263 e. The van der Waals surface area contributed by atoms with Crippen LogP contribution in [-0.4, -0.2) is 50.8 Å². The molecule has 0 bridgehead atoms. The maximum Gasteiger partial charge on any atom is 0.263 e. The SMILES string of the molecule is Cn1ncc2c(=O)[nH]c(N3CCN(Cc4ccccc4F)CC3)nc21. The molecule has 1 aromatic carbocycles. The predicted octanol–water partition coefficient (Wildman–Crippen LogP) is 1.12. The number of benzene rings is 1. The molecule has 0 unspecified atom stereocenters. The molecule has 4 rings (SSSR count). The summed E-state index contributed by atoms with van der Waals surface area (Å²) < 4.78 is 15.4. The Morgan fingerprint density at radius 1 is 1.20 bits per heavy atom. The molecular formula is C17H19FN6O. The highest BCUT2D eigenvalue weighted by Crippen LogP contribution is 2.16. The highest BCUT2D eigenvalue weighted by atomic mass is 19.1. The van der Waals surface area contributed by atoms with Gasteiger partial charge in [0.2, 0.25) is 5.95 Å². The molecule has 130 valence electrons. The highest BCUT2D eigenvalue weighted by Gasteiger charge is 2.20. The van der Waals surface area contributed by atoms with Crippen LogP contribution in [0.4, 0.5) is 10.3 Å². The summed E-state index contributed by atoms with van der Waals surface area (Å²) in [5.41, 5.74) is 1.10. The lowest BCUT2D eigenvalue weighted by molar-refractivity contribution is 0.245. The Balaban J connectivity index is 1.48. The van der Waals surface area contributed by atoms with E-state index in [1.54, 1.807) is 17.8 Å². The average Bonchev–Trinajstić information content (AvgIpc) is 2.99. The number of nitrogens with zero attached hydrogens (tertiary/aromatic N) is 5. The van der Waals surface area contributed by atoms with Crippen LogP contribution >= 0.6 is 0 Å². The zero-order valence-corrected chi connectivity index (χ0v) is 13.9. The largest absolute Gasteiger partial charge is 0.340 e. The fourth-order valence-electron chi connectivity index (χ4n) is 3.16. The predicted molar refractivity (Wildman–Crippen MR) is 93.0 cm³/mol. The number of rotatable bonds is 3. The second-order valence-electron chi connectivity index (χ2n) is 6.25. The summed E-state index contributed by atoms with van der Waals surface area (Å²) in [5, 5.41) is 4.57. The summed E-state index contributed by atoms with van der Waals surface area (Å²) in [6.07, 6.45) is 1.53. The fraction of sp³-hybridized carbons (Fsp3) is 0.353. The molecule has 8 heteroatoms. The molecule has 25 heavy (non-hydrogen) atoms. The first-order valence-electron chi connectivity index (χ1n) is 8.24. The van der Waals surface area contributed by atoms with Gasteiger partial charge in [-0.1, -0.05) is 18.2 Å². The number of hydrogen-bond donors (Lipinski definition) is 1. The second-order valence-corrected chi connectivity index (χ2v) is 6.25. The van der Waals surface area contributed by atoms with Crippen LogP contribution in [0.15, 0.2) is 35.3 Å². The number of hydrogen-bond acceptors (Lipinski definition) is 5. The molecule has 1 fully saturated rings. The van der Waals surface area contributed by atoms with Crippen molar-refractivity contribution in [1.29, 1.82) is 0 Å². The third-order valence-corrected chi connectivity index (χ3v) is 4.61. The third-order valence-electron chi connectivity index (χ3n) is 4.61. The van der Waals surface area contributed by atoms with Gasteiger partial charge in [0.25, 0.3) is 5.56 Å². The molecule has 0 saturated carbocycles. The van der Waals surface area contributed by atoms with Gasteiger partial charge in [-0.3, -0.25) is 19.4 Å². The minimum Gasteiger partial charge on any atom is -0.340 e. The van der Waals surface area contributed by atoms with E-state index in [-0.39, 0.29) is 11.4 Å². The Hall–Kier alpha value is -2.74. The number of fused-ring (bicyclic) bond motifs is 1. The van der Waals surface area contributed by atoms with Gasteiger partial charge >= 0.3 is 0 Å². The molecule has 3 aromatic rings. The lowest BCUT2D eigenvalue weighted by atomic mass is 10.2. The Morgan fingerprint density at radius 2 is 1.96 bits per heavy atom. The lowest BCUT2D eigenvalue weighted by Gasteiger charge is -2.35. The number of aryl methyl sites for hydroxylation is 1. The van der Waals surface area contributed by atoms with Crippen LogP contribution in [0, 0.1) is 5.82 Å². The van der Waals surface area contributed by atoms with Crippen molar-refractivity contribution in [3.05, 3.63) is 52.2 Å². The molecule has 7 nitrogen and oxygen atoms in total. The summed E-state index contributed by atoms with van der Waals surface area (Å²) in [4.78, 5) is 23.8. The maximum absolute atomic E-state index is 13.8. The van der Waals surface area contributed by atoms with Crippen molar-refractivity contribution in [3.63, 3.8) is 0 Å². The monoisotopic (exact) mass is 342 g/mol. The number of anilines is 1. The molecule has 1 aliphatic rings. The van der Waals surface area contributed by atoms with Crippen LogP contribution in [0.25, 0.3) is 11.0 Å². The van der Waals surface area contributed by atoms with E-state index in [4.69, 9.17) is 0 Å².